The van der Waals surface area contributed by atoms with Crippen molar-refractivity contribution in [1.82, 2.24) is 19.5 Å². The molecule has 0 atom stereocenters. The zero-order chi connectivity index (χ0) is 23.6. The van der Waals surface area contributed by atoms with E-state index in [1.54, 1.807) is 0 Å². The molecule has 0 amide bonds. The molecule has 0 radical (unpaired) electrons. The van der Waals surface area contributed by atoms with Crippen LogP contribution in [0.1, 0.15) is 12.8 Å². The smallest absolute Gasteiger partial charge is 0.245 e. The van der Waals surface area contributed by atoms with Crippen molar-refractivity contribution in [2.24, 2.45) is 0 Å². The van der Waals surface area contributed by atoms with E-state index in [-0.39, 0.29) is 0 Å². The molecule has 0 bridgehead atoms. The minimum atomic E-state index is 0.552. The fraction of sp³-hybridized carbons (Fsp3) is 0.333. The van der Waals surface area contributed by atoms with Gasteiger partial charge in [0.25, 0.3) is 0 Å². The molecule has 0 saturated carbocycles. The summed E-state index contributed by atoms with van der Waals surface area (Å²) in [6.07, 6.45) is 4.25. The molecule has 35 heavy (non-hydrogen) atoms. The topological polar surface area (TPSA) is 57.9 Å². The molecule has 7 nitrogen and oxygen atoms in total. The van der Waals surface area contributed by atoms with Crippen LogP contribution in [0.25, 0.3) is 16.8 Å². The lowest BCUT2D eigenvalue weighted by Gasteiger charge is -2.40. The average molecular weight is 489 g/mol. The van der Waals surface area contributed by atoms with Gasteiger partial charge in [-0.15, -0.1) is 5.10 Å². The van der Waals surface area contributed by atoms with Crippen LogP contribution >= 0.6 is 11.6 Å². The van der Waals surface area contributed by atoms with Gasteiger partial charge in [-0.05, 0) is 61.4 Å². The van der Waals surface area contributed by atoms with Gasteiger partial charge < -0.3 is 15.0 Å². The van der Waals surface area contributed by atoms with Crippen molar-refractivity contribution in [3.05, 3.63) is 71.9 Å². The number of hydrogen-bond donors (Lipinski definition) is 1. The SMILES string of the molecule is Clc1cccc(-c2ccc3cnc(Nc4ccc(N5CCC(N6CCOCC6)CC5)cc4)nn23)c1. The third-order valence-electron chi connectivity index (χ3n) is 7.03. The van der Waals surface area contributed by atoms with Gasteiger partial charge in [0, 0.05) is 54.2 Å². The van der Waals surface area contributed by atoms with Crippen molar-refractivity contribution < 1.29 is 4.74 Å². The Bertz CT molecular complexity index is 1290. The number of aromatic nitrogens is 3. The third-order valence-corrected chi connectivity index (χ3v) is 7.27. The van der Waals surface area contributed by atoms with E-state index < -0.39 is 0 Å². The van der Waals surface area contributed by atoms with Gasteiger partial charge in [0.15, 0.2) is 0 Å². The molecule has 4 aromatic rings. The first-order valence-corrected chi connectivity index (χ1v) is 12.7. The van der Waals surface area contributed by atoms with Crippen LogP contribution < -0.4 is 10.2 Å². The van der Waals surface area contributed by atoms with Gasteiger partial charge in [0.05, 0.1) is 30.6 Å². The first-order valence-electron chi connectivity index (χ1n) is 12.3. The molecule has 1 N–H and O–H groups in total. The molecule has 180 valence electrons. The highest BCUT2D eigenvalue weighted by Crippen LogP contribution is 2.27. The first kappa shape index (κ1) is 22.3. The second-order valence-corrected chi connectivity index (χ2v) is 9.62. The number of nitrogens with zero attached hydrogens (tertiary/aromatic N) is 5. The van der Waals surface area contributed by atoms with Crippen LogP contribution in [0.2, 0.25) is 5.02 Å². The summed E-state index contributed by atoms with van der Waals surface area (Å²) in [6, 6.07) is 21.1. The van der Waals surface area contributed by atoms with E-state index in [1.807, 2.05) is 47.1 Å². The lowest BCUT2D eigenvalue weighted by Crippen LogP contribution is -2.49. The van der Waals surface area contributed by atoms with Gasteiger partial charge >= 0.3 is 0 Å². The van der Waals surface area contributed by atoms with Gasteiger partial charge in [-0.1, -0.05) is 23.7 Å². The summed E-state index contributed by atoms with van der Waals surface area (Å²) < 4.78 is 7.41. The Morgan fingerprint density at radius 3 is 2.49 bits per heavy atom. The number of benzene rings is 2. The Morgan fingerprint density at radius 2 is 1.71 bits per heavy atom. The summed E-state index contributed by atoms with van der Waals surface area (Å²) in [5.74, 6) is 0.552. The molecule has 4 heterocycles. The Labute approximate surface area is 210 Å². The van der Waals surface area contributed by atoms with Gasteiger partial charge in [-0.3, -0.25) is 4.90 Å². The maximum Gasteiger partial charge on any atom is 0.245 e. The zero-order valence-electron chi connectivity index (χ0n) is 19.6. The lowest BCUT2D eigenvalue weighted by molar-refractivity contribution is 0.0115. The second-order valence-electron chi connectivity index (χ2n) is 9.19. The van der Waals surface area contributed by atoms with Crippen LogP contribution in [-0.4, -0.2) is 64.9 Å². The summed E-state index contributed by atoms with van der Waals surface area (Å²) >= 11 is 6.20. The van der Waals surface area contributed by atoms with Crippen molar-refractivity contribution in [2.45, 2.75) is 18.9 Å². The fourth-order valence-electron chi connectivity index (χ4n) is 5.14. The largest absolute Gasteiger partial charge is 0.379 e. The monoisotopic (exact) mass is 488 g/mol. The van der Waals surface area contributed by atoms with Gasteiger partial charge in [0.1, 0.15) is 0 Å². The Balaban J connectivity index is 1.13. The predicted molar refractivity (Wildman–Crippen MR) is 141 cm³/mol. The van der Waals surface area contributed by atoms with E-state index in [1.165, 1.54) is 18.5 Å². The number of piperidine rings is 1. The molecule has 0 aliphatic carbocycles. The number of anilines is 3. The van der Waals surface area contributed by atoms with Crippen molar-refractivity contribution in [3.8, 4) is 11.3 Å². The number of fused-ring (bicyclic) bond motifs is 1. The van der Waals surface area contributed by atoms with Crippen LogP contribution in [0.5, 0.6) is 0 Å². The van der Waals surface area contributed by atoms with Crippen molar-refractivity contribution in [2.75, 3.05) is 49.6 Å². The van der Waals surface area contributed by atoms with Crippen LogP contribution in [0.15, 0.2) is 66.9 Å². The molecule has 8 heteroatoms. The number of nitrogens with one attached hydrogen (secondary N) is 1. The van der Waals surface area contributed by atoms with Gasteiger partial charge in [0.2, 0.25) is 5.95 Å². The van der Waals surface area contributed by atoms with E-state index >= 15 is 0 Å². The van der Waals surface area contributed by atoms with E-state index in [0.29, 0.717) is 17.0 Å². The Kier molecular flexibility index (Phi) is 6.29. The van der Waals surface area contributed by atoms with Crippen molar-refractivity contribution in [1.29, 1.82) is 0 Å². The minimum Gasteiger partial charge on any atom is -0.379 e. The molecule has 2 saturated heterocycles. The van der Waals surface area contributed by atoms with E-state index in [4.69, 9.17) is 21.4 Å². The third kappa shape index (κ3) is 4.85. The first-order chi connectivity index (χ1) is 17.2. The highest BCUT2D eigenvalue weighted by atomic mass is 35.5. The maximum absolute atomic E-state index is 6.20. The number of morpholine rings is 1. The molecule has 2 aromatic carbocycles. The summed E-state index contributed by atoms with van der Waals surface area (Å²) in [4.78, 5) is 9.59. The van der Waals surface area contributed by atoms with E-state index in [2.05, 4.69) is 44.4 Å². The molecule has 6 rings (SSSR count). The fourth-order valence-corrected chi connectivity index (χ4v) is 5.33. The molecule has 2 aromatic heterocycles. The molecule has 0 spiro atoms. The summed E-state index contributed by atoms with van der Waals surface area (Å²) in [5, 5.41) is 8.78. The van der Waals surface area contributed by atoms with Crippen molar-refractivity contribution in [3.63, 3.8) is 0 Å². The average Bonchev–Trinajstić information content (AvgIpc) is 3.33. The Morgan fingerprint density at radius 1 is 0.914 bits per heavy atom. The van der Waals surface area contributed by atoms with Gasteiger partial charge in [-0.2, -0.15) is 0 Å². The van der Waals surface area contributed by atoms with Crippen LogP contribution in [0.3, 0.4) is 0 Å². The number of rotatable bonds is 5. The van der Waals surface area contributed by atoms with E-state index in [9.17, 15) is 0 Å². The highest BCUT2D eigenvalue weighted by molar-refractivity contribution is 6.30. The van der Waals surface area contributed by atoms with Crippen LogP contribution in [0, 0.1) is 0 Å². The number of ether oxygens (including phenoxy) is 1. The number of halogens is 1. The number of hydrogen-bond acceptors (Lipinski definition) is 6. The van der Waals surface area contributed by atoms with Crippen molar-refractivity contribution >= 4 is 34.4 Å². The summed E-state index contributed by atoms with van der Waals surface area (Å²) in [7, 11) is 0. The maximum atomic E-state index is 6.20. The predicted octanol–water partition coefficient (Wildman–Crippen LogP) is 5.09. The lowest BCUT2D eigenvalue weighted by atomic mass is 10.0. The van der Waals surface area contributed by atoms with E-state index in [0.717, 1.165) is 61.9 Å². The summed E-state index contributed by atoms with van der Waals surface area (Å²) in [5.41, 5.74) is 5.16. The molecular formula is C27H29ClN6O. The molecule has 0 unspecified atom stereocenters. The van der Waals surface area contributed by atoms with Gasteiger partial charge in [-0.25, -0.2) is 9.50 Å². The molecule has 2 fully saturated rings. The Hall–Kier alpha value is -3.13. The quantitative estimate of drug-likeness (QED) is 0.422. The molecule has 2 aliphatic heterocycles. The molecule has 2 aliphatic rings. The van der Waals surface area contributed by atoms with Crippen LogP contribution in [0.4, 0.5) is 17.3 Å². The minimum absolute atomic E-state index is 0.552. The standard InChI is InChI=1S/C27H29ClN6O/c28-21-3-1-2-20(18-21)26-9-8-25-19-29-27(31-34(25)26)30-22-4-6-23(7-5-22)32-12-10-24(11-13-32)33-14-16-35-17-15-33/h1-9,18-19,24H,10-17H2,(H,30,31). The normalized spacial score (nSPS) is 17.7. The zero-order valence-corrected chi connectivity index (χ0v) is 20.4. The highest BCUT2D eigenvalue weighted by Gasteiger charge is 2.25. The van der Waals surface area contributed by atoms with Crippen LogP contribution in [-0.2, 0) is 4.74 Å². The summed E-state index contributed by atoms with van der Waals surface area (Å²) in [6.45, 7) is 6.07. The second kappa shape index (κ2) is 9.85. The molecular weight excluding hydrogens is 460 g/mol.